The molecule has 0 spiro atoms. The lowest BCUT2D eigenvalue weighted by atomic mass is 10.2. The zero-order valence-corrected chi connectivity index (χ0v) is 17.6. The number of benzene rings is 1. The molecule has 0 fully saturated rings. The summed E-state index contributed by atoms with van der Waals surface area (Å²) in [7, 11) is 0. The third-order valence-electron chi connectivity index (χ3n) is 4.65. The fourth-order valence-electron chi connectivity index (χ4n) is 2.93. The Bertz CT molecular complexity index is 1100. The van der Waals surface area contributed by atoms with Crippen LogP contribution in [0.2, 0.25) is 0 Å². The minimum atomic E-state index is -0.361. The number of rotatable bonds is 9. The molecule has 0 saturated carbocycles. The Morgan fingerprint density at radius 3 is 2.68 bits per heavy atom. The number of carbonyl (C=O) groups excluding carboxylic acids is 1. The zero-order valence-electron chi connectivity index (χ0n) is 17.6. The Kier molecular flexibility index (Phi) is 7.21. The van der Waals surface area contributed by atoms with Crippen molar-refractivity contribution < 1.29 is 9.53 Å². The lowest BCUT2D eigenvalue weighted by Crippen LogP contribution is -2.35. The molecule has 0 aliphatic heterocycles. The molecule has 0 aliphatic rings. The smallest absolute Gasteiger partial charge is 0.293 e. The van der Waals surface area contributed by atoms with Gasteiger partial charge in [0.25, 0.3) is 5.56 Å². The molecule has 0 unspecified atom stereocenters. The predicted octanol–water partition coefficient (Wildman–Crippen LogP) is 1.64. The number of carbonyl (C=O) groups is 1. The van der Waals surface area contributed by atoms with E-state index in [2.05, 4.69) is 20.6 Å². The number of aryl methyl sites for hydroxylation is 2. The molecule has 1 amide bonds. The summed E-state index contributed by atoms with van der Waals surface area (Å²) in [5.41, 5.74) is 7.50. The number of anilines is 2. The minimum absolute atomic E-state index is 0.107. The normalized spacial score (nSPS) is 10.5. The molecule has 9 heteroatoms. The monoisotopic (exact) mass is 422 g/mol. The Hall–Kier alpha value is -3.88. The highest BCUT2D eigenvalue weighted by atomic mass is 16.5. The molecule has 162 valence electrons. The van der Waals surface area contributed by atoms with Gasteiger partial charge in [0.05, 0.1) is 6.54 Å². The van der Waals surface area contributed by atoms with Crippen LogP contribution in [0.4, 0.5) is 11.6 Å². The second-order valence-electron chi connectivity index (χ2n) is 6.99. The van der Waals surface area contributed by atoms with Crippen LogP contribution in [0.15, 0.2) is 53.5 Å². The van der Waals surface area contributed by atoms with E-state index in [-0.39, 0.29) is 23.8 Å². The Morgan fingerprint density at radius 1 is 1.16 bits per heavy atom. The van der Waals surface area contributed by atoms with Crippen LogP contribution in [0.25, 0.3) is 0 Å². The van der Waals surface area contributed by atoms with Gasteiger partial charge >= 0.3 is 0 Å². The van der Waals surface area contributed by atoms with Gasteiger partial charge in [0.15, 0.2) is 5.82 Å². The fourth-order valence-corrected chi connectivity index (χ4v) is 2.93. The van der Waals surface area contributed by atoms with Crippen molar-refractivity contribution in [1.29, 1.82) is 0 Å². The number of nitrogens with two attached hydrogens (primary N) is 1. The van der Waals surface area contributed by atoms with Gasteiger partial charge in [-0.15, -0.1) is 0 Å². The maximum Gasteiger partial charge on any atom is 0.293 e. The molecule has 0 bridgehead atoms. The van der Waals surface area contributed by atoms with Crippen LogP contribution in [0.3, 0.4) is 0 Å². The zero-order chi connectivity index (χ0) is 22.2. The van der Waals surface area contributed by atoms with Gasteiger partial charge in [-0.05, 0) is 37.6 Å². The van der Waals surface area contributed by atoms with Crippen molar-refractivity contribution in [1.82, 2.24) is 19.9 Å². The van der Waals surface area contributed by atoms with E-state index in [0.29, 0.717) is 31.2 Å². The first kappa shape index (κ1) is 21.8. The van der Waals surface area contributed by atoms with E-state index in [9.17, 15) is 9.59 Å². The van der Waals surface area contributed by atoms with Crippen molar-refractivity contribution in [3.8, 4) is 5.75 Å². The topological polar surface area (TPSA) is 124 Å². The van der Waals surface area contributed by atoms with Crippen LogP contribution >= 0.6 is 0 Å². The first-order valence-electron chi connectivity index (χ1n) is 9.91. The molecule has 4 N–H and O–H groups in total. The van der Waals surface area contributed by atoms with E-state index in [4.69, 9.17) is 10.5 Å². The van der Waals surface area contributed by atoms with Gasteiger partial charge in [-0.1, -0.05) is 24.3 Å². The molecular weight excluding hydrogens is 396 g/mol. The summed E-state index contributed by atoms with van der Waals surface area (Å²) in [6.07, 6.45) is 1.56. The number of aromatic nitrogens is 3. The molecule has 0 aliphatic carbocycles. The Balaban J connectivity index is 1.56. The van der Waals surface area contributed by atoms with E-state index >= 15 is 0 Å². The van der Waals surface area contributed by atoms with Crippen molar-refractivity contribution in [3.05, 3.63) is 76.0 Å². The van der Waals surface area contributed by atoms with Crippen LogP contribution in [0.5, 0.6) is 5.75 Å². The van der Waals surface area contributed by atoms with Gasteiger partial charge in [-0.25, -0.2) is 9.97 Å². The molecule has 31 heavy (non-hydrogen) atoms. The maximum atomic E-state index is 12.7. The van der Waals surface area contributed by atoms with Crippen LogP contribution in [0.1, 0.15) is 17.0 Å². The highest BCUT2D eigenvalue weighted by Gasteiger charge is 2.12. The fraction of sp³-hybridized carbons (Fsp3) is 0.273. The van der Waals surface area contributed by atoms with Gasteiger partial charge < -0.3 is 21.1 Å². The van der Waals surface area contributed by atoms with E-state index in [1.54, 1.807) is 19.2 Å². The number of hydrogen-bond acceptors (Lipinski definition) is 7. The van der Waals surface area contributed by atoms with Crippen molar-refractivity contribution in [2.75, 3.05) is 24.2 Å². The number of nitrogen functional groups attached to an aromatic ring is 1. The number of amides is 1. The highest BCUT2D eigenvalue weighted by Crippen LogP contribution is 2.09. The second kappa shape index (κ2) is 10.2. The Labute approximate surface area is 180 Å². The van der Waals surface area contributed by atoms with Crippen LogP contribution < -0.4 is 26.7 Å². The molecule has 0 atom stereocenters. The maximum absolute atomic E-state index is 12.7. The third-order valence-corrected chi connectivity index (χ3v) is 4.65. The predicted molar refractivity (Wildman–Crippen MR) is 119 cm³/mol. The van der Waals surface area contributed by atoms with Crippen molar-refractivity contribution >= 4 is 17.5 Å². The van der Waals surface area contributed by atoms with Gasteiger partial charge in [0.2, 0.25) is 5.91 Å². The van der Waals surface area contributed by atoms with Crippen molar-refractivity contribution in [3.63, 3.8) is 0 Å². The van der Waals surface area contributed by atoms with E-state index in [1.807, 2.05) is 43.3 Å². The summed E-state index contributed by atoms with van der Waals surface area (Å²) >= 11 is 0. The molecule has 2 aromatic heterocycles. The molecule has 0 saturated heterocycles. The van der Waals surface area contributed by atoms with E-state index < -0.39 is 0 Å². The van der Waals surface area contributed by atoms with Gasteiger partial charge in [-0.2, -0.15) is 0 Å². The lowest BCUT2D eigenvalue weighted by molar-refractivity contribution is -0.121. The summed E-state index contributed by atoms with van der Waals surface area (Å²) in [5, 5.41) is 5.79. The number of hydrogen-bond donors (Lipinski definition) is 3. The number of nitrogens with zero attached hydrogens (tertiary/aromatic N) is 3. The van der Waals surface area contributed by atoms with E-state index in [0.717, 1.165) is 17.0 Å². The van der Waals surface area contributed by atoms with Gasteiger partial charge in [-0.3, -0.25) is 14.2 Å². The molecule has 3 aromatic rings. The summed E-state index contributed by atoms with van der Waals surface area (Å²) in [6, 6.07) is 12.9. The van der Waals surface area contributed by atoms with Crippen LogP contribution in [-0.2, 0) is 17.9 Å². The average Bonchev–Trinajstić information content (AvgIpc) is 2.75. The minimum Gasteiger partial charge on any atom is -0.492 e. The van der Waals surface area contributed by atoms with Crippen molar-refractivity contribution in [2.45, 2.75) is 26.9 Å². The molecule has 2 heterocycles. The van der Waals surface area contributed by atoms with Gasteiger partial charge in [0.1, 0.15) is 24.7 Å². The lowest BCUT2D eigenvalue weighted by Gasteiger charge is -2.13. The number of nitrogens with one attached hydrogen (secondary N) is 2. The molecular formula is C22H26N6O3. The molecule has 1 aromatic carbocycles. The van der Waals surface area contributed by atoms with Crippen LogP contribution in [-0.4, -0.2) is 33.6 Å². The molecule has 3 rings (SSSR count). The number of ether oxygens (including phenoxy) is 1. The largest absolute Gasteiger partial charge is 0.492 e. The molecule has 9 nitrogen and oxygen atoms in total. The van der Waals surface area contributed by atoms with E-state index in [1.165, 1.54) is 4.57 Å². The standard InChI is InChI=1S/C22H26N6O3/c1-15-12-26-21(24-10-11-31-18-6-4-3-5-7-18)22(30)28(15)14-20(29)25-13-17-8-9-19(23)27-16(17)2/h3-9,12H,10-11,13-14H2,1-2H3,(H2,23,27)(H,24,26)(H,25,29). The average molecular weight is 422 g/mol. The third kappa shape index (κ3) is 6.05. The highest BCUT2D eigenvalue weighted by molar-refractivity contribution is 5.75. The SMILES string of the molecule is Cc1nc(N)ccc1CNC(=O)Cn1c(C)cnc(NCCOc2ccccc2)c1=O. The second-order valence-corrected chi connectivity index (χ2v) is 6.99. The van der Waals surface area contributed by atoms with Crippen LogP contribution in [0, 0.1) is 13.8 Å². The first-order chi connectivity index (χ1) is 14.9. The summed E-state index contributed by atoms with van der Waals surface area (Å²) in [5.74, 6) is 1.07. The Morgan fingerprint density at radius 2 is 1.94 bits per heavy atom. The summed E-state index contributed by atoms with van der Waals surface area (Å²) in [6.45, 7) is 4.53. The van der Waals surface area contributed by atoms with Gasteiger partial charge in [0, 0.05) is 24.1 Å². The summed E-state index contributed by atoms with van der Waals surface area (Å²) in [4.78, 5) is 33.5. The summed E-state index contributed by atoms with van der Waals surface area (Å²) < 4.78 is 6.99. The number of para-hydroxylation sites is 1. The van der Waals surface area contributed by atoms with Crippen molar-refractivity contribution in [2.24, 2.45) is 0 Å². The first-order valence-corrected chi connectivity index (χ1v) is 9.91. The quantitative estimate of drug-likeness (QED) is 0.448. The molecule has 0 radical (unpaired) electrons. The number of pyridine rings is 1.